The van der Waals surface area contributed by atoms with E-state index < -0.39 is 26.6 Å². The van der Waals surface area contributed by atoms with Crippen molar-refractivity contribution in [1.82, 2.24) is 14.4 Å². The second-order valence-corrected chi connectivity index (χ2v) is 7.65. The fourth-order valence-electron chi connectivity index (χ4n) is 2.25. The fraction of sp³-hybridized carbons (Fsp3) is 0.429. The molecule has 3 rings (SSSR count). The van der Waals surface area contributed by atoms with Crippen molar-refractivity contribution in [3.8, 4) is 0 Å². The molecule has 0 unspecified atom stereocenters. The first kappa shape index (κ1) is 16.0. The summed E-state index contributed by atoms with van der Waals surface area (Å²) < 4.78 is 57.7. The van der Waals surface area contributed by atoms with Crippen LogP contribution in [0.5, 0.6) is 0 Å². The topological polar surface area (TPSA) is 76.3 Å². The van der Waals surface area contributed by atoms with E-state index in [1.54, 1.807) is 0 Å². The summed E-state index contributed by atoms with van der Waals surface area (Å²) >= 11 is 0. The number of benzene rings is 1. The molecule has 0 saturated carbocycles. The molecule has 0 amide bonds. The number of aromatic nitrogens is 2. The highest BCUT2D eigenvalue weighted by Crippen LogP contribution is 2.32. The zero-order valence-corrected chi connectivity index (χ0v) is 13.3. The first-order valence-corrected chi connectivity index (χ1v) is 8.51. The Labute approximate surface area is 132 Å². The van der Waals surface area contributed by atoms with Crippen LogP contribution in [0.3, 0.4) is 0 Å². The Morgan fingerprint density at radius 3 is 2.61 bits per heavy atom. The highest BCUT2D eigenvalue weighted by molar-refractivity contribution is 7.89. The number of sulfonamides is 1. The van der Waals surface area contributed by atoms with Crippen molar-refractivity contribution in [3.63, 3.8) is 0 Å². The molecule has 124 valence electrons. The second-order valence-electron chi connectivity index (χ2n) is 5.74. The van der Waals surface area contributed by atoms with E-state index in [0.717, 1.165) is 16.4 Å². The van der Waals surface area contributed by atoms with Crippen LogP contribution >= 0.6 is 0 Å². The average molecular weight is 343 g/mol. The zero-order valence-electron chi connectivity index (χ0n) is 12.5. The number of hydrogen-bond donors (Lipinski definition) is 0. The van der Waals surface area contributed by atoms with Gasteiger partial charge in [-0.2, -0.15) is 9.29 Å². The molecular formula is C14H15F2N3O3S. The molecule has 1 aliphatic heterocycles. The molecule has 1 aromatic carbocycles. The van der Waals surface area contributed by atoms with Gasteiger partial charge in [-0.25, -0.2) is 17.2 Å². The summed E-state index contributed by atoms with van der Waals surface area (Å²) in [7, 11) is -4.08. The van der Waals surface area contributed by atoms with Gasteiger partial charge in [-0.05, 0) is 18.2 Å². The Hall–Kier alpha value is -1.87. The maximum atomic E-state index is 13.7. The van der Waals surface area contributed by atoms with Crippen LogP contribution < -0.4 is 0 Å². The van der Waals surface area contributed by atoms with Crippen LogP contribution in [0.2, 0.25) is 0 Å². The zero-order chi connectivity index (χ0) is 16.8. The van der Waals surface area contributed by atoms with Crippen molar-refractivity contribution in [3.05, 3.63) is 41.5 Å². The maximum Gasteiger partial charge on any atom is 0.246 e. The normalized spacial score (nSPS) is 16.7. The van der Waals surface area contributed by atoms with Gasteiger partial charge < -0.3 is 4.52 Å². The molecule has 23 heavy (non-hydrogen) atoms. The van der Waals surface area contributed by atoms with Crippen LogP contribution in [0.25, 0.3) is 0 Å². The van der Waals surface area contributed by atoms with E-state index >= 15 is 0 Å². The van der Waals surface area contributed by atoms with Crippen molar-refractivity contribution >= 4 is 10.0 Å². The number of hydrogen-bond acceptors (Lipinski definition) is 5. The Balaban J connectivity index is 1.76. The SMILES string of the molecule is CC(C)c1noc(C2CN(S(=O)(=O)c3cc(F)ccc3F)C2)n1. The quantitative estimate of drug-likeness (QED) is 0.851. The predicted molar refractivity (Wildman–Crippen MR) is 76.2 cm³/mol. The van der Waals surface area contributed by atoms with Crippen LogP contribution in [0.15, 0.2) is 27.6 Å². The van der Waals surface area contributed by atoms with E-state index in [1.165, 1.54) is 0 Å². The Morgan fingerprint density at radius 2 is 2.00 bits per heavy atom. The number of halogens is 2. The summed E-state index contributed by atoms with van der Waals surface area (Å²) in [6, 6.07) is 2.35. The van der Waals surface area contributed by atoms with Gasteiger partial charge >= 0.3 is 0 Å². The van der Waals surface area contributed by atoms with Crippen molar-refractivity contribution in [2.75, 3.05) is 13.1 Å². The van der Waals surface area contributed by atoms with E-state index in [4.69, 9.17) is 4.52 Å². The van der Waals surface area contributed by atoms with Gasteiger partial charge in [-0.3, -0.25) is 0 Å². The Bertz CT molecular complexity index is 830. The highest BCUT2D eigenvalue weighted by Gasteiger charge is 2.41. The molecule has 0 radical (unpaired) electrons. The number of rotatable bonds is 4. The fourth-order valence-corrected chi connectivity index (χ4v) is 3.86. The summed E-state index contributed by atoms with van der Waals surface area (Å²) in [5.41, 5.74) is 0. The van der Waals surface area contributed by atoms with Gasteiger partial charge in [0.2, 0.25) is 15.9 Å². The lowest BCUT2D eigenvalue weighted by Crippen LogP contribution is -2.48. The summed E-state index contributed by atoms with van der Waals surface area (Å²) in [6.07, 6.45) is 0. The van der Waals surface area contributed by atoms with Gasteiger partial charge in [-0.1, -0.05) is 19.0 Å². The van der Waals surface area contributed by atoms with Crippen LogP contribution in [-0.4, -0.2) is 36.0 Å². The summed E-state index contributed by atoms with van der Waals surface area (Å²) in [6.45, 7) is 4.02. The van der Waals surface area contributed by atoms with E-state index in [-0.39, 0.29) is 24.9 Å². The van der Waals surface area contributed by atoms with E-state index in [1.807, 2.05) is 13.8 Å². The first-order valence-electron chi connectivity index (χ1n) is 7.07. The molecule has 6 nitrogen and oxygen atoms in total. The second kappa shape index (κ2) is 5.64. The molecular weight excluding hydrogens is 328 g/mol. The van der Waals surface area contributed by atoms with E-state index in [2.05, 4.69) is 10.1 Å². The molecule has 0 N–H and O–H groups in total. The van der Waals surface area contributed by atoms with Gasteiger partial charge in [0, 0.05) is 19.0 Å². The van der Waals surface area contributed by atoms with Crippen molar-refractivity contribution in [2.24, 2.45) is 0 Å². The van der Waals surface area contributed by atoms with E-state index in [0.29, 0.717) is 17.8 Å². The standard InChI is InChI=1S/C14H15F2N3O3S/c1-8(2)13-17-14(22-18-13)9-6-19(7-9)23(20,21)12-5-10(15)3-4-11(12)16/h3-5,8-9H,6-7H2,1-2H3. The molecule has 1 fully saturated rings. The molecule has 2 heterocycles. The summed E-state index contributed by atoms with van der Waals surface area (Å²) in [5.74, 6) is -0.997. The predicted octanol–water partition coefficient (Wildman–Crippen LogP) is 2.26. The lowest BCUT2D eigenvalue weighted by molar-refractivity contribution is 0.216. The molecule has 1 saturated heterocycles. The van der Waals surface area contributed by atoms with Crippen molar-refractivity contribution < 1.29 is 21.7 Å². The van der Waals surface area contributed by atoms with Crippen LogP contribution in [-0.2, 0) is 10.0 Å². The molecule has 0 atom stereocenters. The van der Waals surface area contributed by atoms with Gasteiger partial charge in [0.05, 0.1) is 5.92 Å². The summed E-state index contributed by atoms with van der Waals surface area (Å²) in [5, 5.41) is 3.83. The van der Waals surface area contributed by atoms with Crippen LogP contribution in [0, 0.1) is 11.6 Å². The lowest BCUT2D eigenvalue weighted by atomic mass is 10.0. The molecule has 0 spiro atoms. The summed E-state index contributed by atoms with van der Waals surface area (Å²) in [4.78, 5) is 3.56. The lowest BCUT2D eigenvalue weighted by Gasteiger charge is -2.35. The Kier molecular flexibility index (Phi) is 3.93. The first-order chi connectivity index (χ1) is 10.8. The van der Waals surface area contributed by atoms with Gasteiger partial charge in [-0.15, -0.1) is 0 Å². The number of nitrogens with zero attached hydrogens (tertiary/aromatic N) is 3. The van der Waals surface area contributed by atoms with E-state index in [9.17, 15) is 17.2 Å². The van der Waals surface area contributed by atoms with Crippen molar-refractivity contribution in [1.29, 1.82) is 0 Å². The minimum atomic E-state index is -4.08. The van der Waals surface area contributed by atoms with Gasteiger partial charge in [0.1, 0.15) is 16.5 Å². The molecule has 1 aromatic heterocycles. The highest BCUT2D eigenvalue weighted by atomic mass is 32.2. The minimum absolute atomic E-state index is 0.0953. The Morgan fingerprint density at radius 1 is 1.30 bits per heavy atom. The monoisotopic (exact) mass is 343 g/mol. The van der Waals surface area contributed by atoms with Gasteiger partial charge in [0.15, 0.2) is 5.82 Å². The minimum Gasteiger partial charge on any atom is -0.339 e. The molecule has 1 aliphatic rings. The third kappa shape index (κ3) is 2.86. The largest absolute Gasteiger partial charge is 0.339 e. The average Bonchev–Trinajstić information content (AvgIpc) is 2.89. The molecule has 2 aromatic rings. The van der Waals surface area contributed by atoms with Crippen LogP contribution in [0.4, 0.5) is 8.78 Å². The smallest absolute Gasteiger partial charge is 0.246 e. The van der Waals surface area contributed by atoms with Gasteiger partial charge in [0.25, 0.3) is 0 Å². The molecule has 0 bridgehead atoms. The third-order valence-corrected chi connectivity index (χ3v) is 5.53. The molecule has 0 aliphatic carbocycles. The maximum absolute atomic E-state index is 13.7. The molecule has 9 heteroatoms. The third-order valence-electron chi connectivity index (χ3n) is 3.68. The van der Waals surface area contributed by atoms with Crippen molar-refractivity contribution in [2.45, 2.75) is 30.6 Å². The van der Waals surface area contributed by atoms with Crippen LogP contribution in [0.1, 0.15) is 37.4 Å².